The predicted molar refractivity (Wildman–Crippen MR) is 115 cm³/mol. The standard InChI is InChI=1S/C23H22N6O2/c1-16-5-7-18(8-6-16)22(19-4-3-13-24-14-19)26-23(30)17(2)31-21-11-9-20(10-12-21)29-15-25-27-28-29/h3-15,17,22H,1-2H3,(H,26,30)/t17-,22-/m1/s1. The van der Waals surface area contributed by atoms with E-state index in [9.17, 15) is 4.79 Å². The number of nitrogens with zero attached hydrogens (tertiary/aromatic N) is 5. The van der Waals surface area contributed by atoms with E-state index in [0.29, 0.717) is 5.75 Å². The predicted octanol–water partition coefficient (Wildman–Crippen LogP) is 3.04. The van der Waals surface area contributed by atoms with Crippen LogP contribution in [-0.2, 0) is 4.79 Å². The summed E-state index contributed by atoms with van der Waals surface area (Å²) in [6.45, 7) is 3.75. The first-order valence-corrected chi connectivity index (χ1v) is 9.87. The monoisotopic (exact) mass is 414 g/mol. The fraction of sp³-hybridized carbons (Fsp3) is 0.174. The van der Waals surface area contributed by atoms with Gasteiger partial charge in [0, 0.05) is 12.4 Å². The number of aromatic nitrogens is 5. The number of rotatable bonds is 7. The van der Waals surface area contributed by atoms with E-state index in [1.165, 1.54) is 6.33 Å². The summed E-state index contributed by atoms with van der Waals surface area (Å²) in [6, 6.07) is 18.7. The normalized spacial score (nSPS) is 12.7. The fourth-order valence-corrected chi connectivity index (χ4v) is 3.14. The molecule has 0 saturated carbocycles. The van der Waals surface area contributed by atoms with Gasteiger partial charge in [0.1, 0.15) is 12.1 Å². The van der Waals surface area contributed by atoms with Gasteiger partial charge in [-0.1, -0.05) is 35.9 Å². The Morgan fingerprint density at radius 2 is 1.81 bits per heavy atom. The number of nitrogens with one attached hydrogen (secondary N) is 1. The second-order valence-electron chi connectivity index (χ2n) is 7.15. The zero-order chi connectivity index (χ0) is 21.6. The Morgan fingerprint density at radius 3 is 2.45 bits per heavy atom. The van der Waals surface area contributed by atoms with Gasteiger partial charge in [0.2, 0.25) is 0 Å². The molecule has 31 heavy (non-hydrogen) atoms. The molecule has 2 atom stereocenters. The first-order chi connectivity index (χ1) is 15.1. The quantitative estimate of drug-likeness (QED) is 0.499. The van der Waals surface area contributed by atoms with Crippen LogP contribution >= 0.6 is 0 Å². The molecule has 0 bridgehead atoms. The van der Waals surface area contributed by atoms with E-state index >= 15 is 0 Å². The van der Waals surface area contributed by atoms with Crippen molar-refractivity contribution in [2.75, 3.05) is 0 Å². The highest BCUT2D eigenvalue weighted by Gasteiger charge is 2.22. The van der Waals surface area contributed by atoms with E-state index < -0.39 is 6.10 Å². The van der Waals surface area contributed by atoms with Crippen molar-refractivity contribution in [1.29, 1.82) is 0 Å². The Hall–Kier alpha value is -4.07. The van der Waals surface area contributed by atoms with E-state index in [1.54, 1.807) is 36.1 Å². The number of hydrogen-bond donors (Lipinski definition) is 1. The maximum atomic E-state index is 12.9. The number of aryl methyl sites for hydroxylation is 1. The van der Waals surface area contributed by atoms with Crippen molar-refractivity contribution in [3.63, 3.8) is 0 Å². The van der Waals surface area contributed by atoms with Crippen LogP contribution in [0.4, 0.5) is 0 Å². The topological polar surface area (TPSA) is 94.8 Å². The van der Waals surface area contributed by atoms with Gasteiger partial charge in [0.05, 0.1) is 11.7 Å². The SMILES string of the molecule is Cc1ccc([C@@H](NC(=O)[C@@H](C)Oc2ccc(-n3cnnn3)cc2)c2cccnc2)cc1. The summed E-state index contributed by atoms with van der Waals surface area (Å²) in [4.78, 5) is 17.1. The molecule has 1 N–H and O–H groups in total. The van der Waals surface area contributed by atoms with Crippen LogP contribution in [0.1, 0.15) is 29.7 Å². The lowest BCUT2D eigenvalue weighted by Gasteiger charge is -2.22. The summed E-state index contributed by atoms with van der Waals surface area (Å²) in [6.07, 6.45) is 4.29. The molecule has 1 amide bonds. The smallest absolute Gasteiger partial charge is 0.261 e. The summed E-state index contributed by atoms with van der Waals surface area (Å²) >= 11 is 0. The third-order valence-corrected chi connectivity index (χ3v) is 4.85. The molecular weight excluding hydrogens is 392 g/mol. The Bertz CT molecular complexity index is 1110. The van der Waals surface area contributed by atoms with Gasteiger partial charge >= 0.3 is 0 Å². The van der Waals surface area contributed by atoms with E-state index in [2.05, 4.69) is 25.8 Å². The molecule has 4 rings (SSSR count). The molecule has 2 aromatic carbocycles. The van der Waals surface area contributed by atoms with E-state index in [1.807, 2.05) is 55.5 Å². The number of pyridine rings is 1. The van der Waals surface area contributed by atoms with Crippen molar-refractivity contribution in [2.24, 2.45) is 0 Å². The molecule has 0 spiro atoms. The number of amides is 1. The highest BCUT2D eigenvalue weighted by molar-refractivity contribution is 5.81. The summed E-state index contributed by atoms with van der Waals surface area (Å²) in [5.41, 5.74) is 3.83. The van der Waals surface area contributed by atoms with Gasteiger partial charge in [-0.2, -0.15) is 0 Å². The minimum atomic E-state index is -0.691. The van der Waals surface area contributed by atoms with Crippen LogP contribution < -0.4 is 10.1 Å². The Kier molecular flexibility index (Phi) is 5.98. The number of benzene rings is 2. The van der Waals surface area contributed by atoms with Crippen molar-refractivity contribution in [2.45, 2.75) is 26.0 Å². The molecule has 4 aromatic rings. The number of carbonyl (C=O) groups is 1. The Labute approximate surface area is 179 Å². The first-order valence-electron chi connectivity index (χ1n) is 9.87. The van der Waals surface area contributed by atoms with Crippen LogP contribution in [0.2, 0.25) is 0 Å². The number of tetrazole rings is 1. The minimum Gasteiger partial charge on any atom is -0.481 e. The Balaban J connectivity index is 1.47. The lowest BCUT2D eigenvalue weighted by Crippen LogP contribution is -2.39. The second-order valence-corrected chi connectivity index (χ2v) is 7.15. The molecule has 0 aliphatic heterocycles. The van der Waals surface area contributed by atoms with Gasteiger partial charge in [0.15, 0.2) is 6.10 Å². The van der Waals surface area contributed by atoms with Crippen LogP contribution in [0.25, 0.3) is 5.69 Å². The Morgan fingerprint density at radius 1 is 1.03 bits per heavy atom. The highest BCUT2D eigenvalue weighted by Crippen LogP contribution is 2.23. The third kappa shape index (κ3) is 4.92. The number of carbonyl (C=O) groups excluding carboxylic acids is 1. The molecule has 2 heterocycles. The van der Waals surface area contributed by atoms with E-state index in [-0.39, 0.29) is 11.9 Å². The van der Waals surface area contributed by atoms with Crippen LogP contribution in [-0.4, -0.2) is 37.2 Å². The van der Waals surface area contributed by atoms with Crippen molar-refractivity contribution >= 4 is 5.91 Å². The summed E-state index contributed by atoms with van der Waals surface area (Å²) in [7, 11) is 0. The van der Waals surface area contributed by atoms with Gasteiger partial charge in [-0.25, -0.2) is 4.68 Å². The minimum absolute atomic E-state index is 0.223. The van der Waals surface area contributed by atoms with Gasteiger partial charge in [-0.3, -0.25) is 9.78 Å². The molecule has 0 unspecified atom stereocenters. The molecular formula is C23H22N6O2. The third-order valence-electron chi connectivity index (χ3n) is 4.85. The van der Waals surface area contributed by atoms with Crippen LogP contribution in [0.15, 0.2) is 79.4 Å². The average Bonchev–Trinajstić information content (AvgIpc) is 3.34. The largest absolute Gasteiger partial charge is 0.481 e. The zero-order valence-electron chi connectivity index (χ0n) is 17.2. The summed E-state index contributed by atoms with van der Waals surface area (Å²) in [5.74, 6) is 0.353. The van der Waals surface area contributed by atoms with Crippen LogP contribution in [0.5, 0.6) is 5.75 Å². The lowest BCUT2D eigenvalue weighted by atomic mass is 9.99. The van der Waals surface area contributed by atoms with Crippen LogP contribution in [0.3, 0.4) is 0 Å². The molecule has 156 valence electrons. The maximum Gasteiger partial charge on any atom is 0.261 e. The van der Waals surface area contributed by atoms with Crippen LogP contribution in [0, 0.1) is 6.92 Å². The van der Waals surface area contributed by atoms with Gasteiger partial charge in [-0.05, 0) is 65.7 Å². The molecule has 8 heteroatoms. The van der Waals surface area contributed by atoms with Gasteiger partial charge < -0.3 is 10.1 Å². The van der Waals surface area contributed by atoms with Crippen molar-refractivity contribution in [3.05, 3.63) is 96.1 Å². The fourth-order valence-electron chi connectivity index (χ4n) is 3.14. The molecule has 2 aromatic heterocycles. The second kappa shape index (κ2) is 9.17. The first kappa shape index (κ1) is 20.2. The summed E-state index contributed by atoms with van der Waals surface area (Å²) < 4.78 is 7.39. The molecule has 0 fully saturated rings. The molecule has 0 aliphatic rings. The lowest BCUT2D eigenvalue weighted by molar-refractivity contribution is -0.127. The number of ether oxygens (including phenoxy) is 1. The number of hydrogen-bond acceptors (Lipinski definition) is 6. The average molecular weight is 414 g/mol. The summed E-state index contributed by atoms with van der Waals surface area (Å²) in [5, 5.41) is 14.2. The maximum absolute atomic E-state index is 12.9. The van der Waals surface area contributed by atoms with E-state index in [0.717, 1.165) is 22.4 Å². The molecule has 0 aliphatic carbocycles. The van der Waals surface area contributed by atoms with Crippen molar-refractivity contribution in [3.8, 4) is 11.4 Å². The van der Waals surface area contributed by atoms with Gasteiger partial charge in [0.25, 0.3) is 5.91 Å². The molecule has 0 radical (unpaired) electrons. The molecule has 8 nitrogen and oxygen atoms in total. The van der Waals surface area contributed by atoms with Crippen molar-refractivity contribution < 1.29 is 9.53 Å². The molecule has 0 saturated heterocycles. The van der Waals surface area contributed by atoms with E-state index in [4.69, 9.17) is 4.74 Å². The van der Waals surface area contributed by atoms with Gasteiger partial charge in [-0.15, -0.1) is 5.10 Å². The highest BCUT2D eigenvalue weighted by atomic mass is 16.5. The zero-order valence-corrected chi connectivity index (χ0v) is 17.2. The van der Waals surface area contributed by atoms with Crippen molar-refractivity contribution in [1.82, 2.24) is 30.5 Å².